The molecule has 0 radical (unpaired) electrons. The van der Waals surface area contributed by atoms with Gasteiger partial charge in [0.05, 0.1) is 25.0 Å². The maximum Gasteiger partial charge on any atom is 0.247 e. The Hall–Kier alpha value is -3.59. The average Bonchev–Trinajstić information content (AvgIpc) is 3.01. The molecule has 8 nitrogen and oxygen atoms in total. The Morgan fingerprint density at radius 3 is 2.76 bits per heavy atom. The lowest BCUT2D eigenvalue weighted by Crippen LogP contribution is -2.37. The summed E-state index contributed by atoms with van der Waals surface area (Å²) >= 11 is 1.40. The van der Waals surface area contributed by atoms with Gasteiger partial charge in [0.2, 0.25) is 23.2 Å². The lowest BCUT2D eigenvalue weighted by atomic mass is 10.1. The summed E-state index contributed by atoms with van der Waals surface area (Å²) in [4.78, 5) is 19.6. The van der Waals surface area contributed by atoms with Crippen molar-refractivity contribution in [3.05, 3.63) is 60.7 Å². The lowest BCUT2D eigenvalue weighted by Gasteiger charge is -2.31. The molecule has 176 valence electrons. The van der Waals surface area contributed by atoms with E-state index in [4.69, 9.17) is 14.2 Å². The van der Waals surface area contributed by atoms with Gasteiger partial charge in [0, 0.05) is 17.7 Å². The van der Waals surface area contributed by atoms with E-state index in [0.29, 0.717) is 51.5 Å². The van der Waals surface area contributed by atoms with Gasteiger partial charge >= 0.3 is 0 Å². The minimum absolute atomic E-state index is 0.122. The number of carbonyl (C=O) groups is 1. The first-order chi connectivity index (χ1) is 16.6. The van der Waals surface area contributed by atoms with Crippen molar-refractivity contribution in [1.82, 2.24) is 15.2 Å². The minimum atomic E-state index is -0.862. The Kier molecular flexibility index (Phi) is 7.32. The molecule has 0 unspecified atom stereocenters. The number of amides is 1. The highest BCUT2D eigenvalue weighted by atomic mass is 32.2. The number of aromatic nitrogens is 3. The molecule has 3 aromatic rings. The van der Waals surface area contributed by atoms with Gasteiger partial charge in [-0.1, -0.05) is 49.0 Å². The van der Waals surface area contributed by atoms with Gasteiger partial charge in [-0.25, -0.2) is 0 Å². The molecule has 0 fully saturated rings. The molecule has 0 saturated heterocycles. The number of para-hydroxylation sites is 2. The van der Waals surface area contributed by atoms with Gasteiger partial charge in [-0.15, -0.1) is 16.8 Å². The summed E-state index contributed by atoms with van der Waals surface area (Å²) in [7, 11) is 1.57. The predicted molar refractivity (Wildman–Crippen MR) is 131 cm³/mol. The maximum absolute atomic E-state index is 13.3. The molecule has 2 heterocycles. The van der Waals surface area contributed by atoms with Gasteiger partial charge in [0.1, 0.15) is 0 Å². The van der Waals surface area contributed by atoms with Gasteiger partial charge in [0.15, 0.2) is 17.2 Å². The Balaban J connectivity index is 1.95. The molecule has 9 heteroatoms. The third kappa shape index (κ3) is 4.43. The lowest BCUT2D eigenvalue weighted by molar-refractivity contribution is -0.120. The molecule has 0 aliphatic carbocycles. The van der Waals surface area contributed by atoms with Crippen molar-refractivity contribution in [1.29, 1.82) is 0 Å². The third-order valence-electron chi connectivity index (χ3n) is 5.19. The zero-order chi connectivity index (χ0) is 24.1. The second-order valence-corrected chi connectivity index (χ2v) is 8.25. The molecule has 0 N–H and O–H groups in total. The largest absolute Gasteiger partial charge is 0.492 e. The van der Waals surface area contributed by atoms with Crippen LogP contribution in [-0.4, -0.2) is 40.6 Å². The van der Waals surface area contributed by atoms with Crippen molar-refractivity contribution < 1.29 is 19.0 Å². The van der Waals surface area contributed by atoms with Crippen LogP contribution in [0.3, 0.4) is 0 Å². The van der Waals surface area contributed by atoms with Crippen LogP contribution in [0.25, 0.3) is 11.3 Å². The van der Waals surface area contributed by atoms with Crippen molar-refractivity contribution in [3.63, 3.8) is 0 Å². The van der Waals surface area contributed by atoms with E-state index >= 15 is 0 Å². The molecule has 0 saturated carbocycles. The first-order valence-electron chi connectivity index (χ1n) is 11.0. The molecule has 1 aliphatic rings. The molecule has 34 heavy (non-hydrogen) atoms. The number of benzene rings is 2. The fourth-order valence-electron chi connectivity index (χ4n) is 3.77. The van der Waals surface area contributed by atoms with E-state index in [9.17, 15) is 4.79 Å². The number of hydrogen-bond acceptors (Lipinski definition) is 8. The highest BCUT2D eigenvalue weighted by Crippen LogP contribution is 2.46. The number of hydrogen-bond donors (Lipinski definition) is 0. The van der Waals surface area contributed by atoms with E-state index in [1.807, 2.05) is 56.3 Å². The molecule has 0 spiro atoms. The van der Waals surface area contributed by atoms with Gasteiger partial charge in [0.25, 0.3) is 0 Å². The summed E-state index contributed by atoms with van der Waals surface area (Å²) in [5, 5.41) is 9.14. The number of carbonyl (C=O) groups excluding carboxylic acids is 1. The van der Waals surface area contributed by atoms with Crippen molar-refractivity contribution in [3.8, 4) is 28.6 Å². The van der Waals surface area contributed by atoms with Crippen LogP contribution in [0.2, 0.25) is 0 Å². The van der Waals surface area contributed by atoms with Crippen molar-refractivity contribution in [2.45, 2.75) is 31.7 Å². The number of ether oxygens (including phenoxy) is 3. The molecule has 1 aliphatic heterocycles. The van der Waals surface area contributed by atoms with Crippen LogP contribution in [0.5, 0.6) is 17.4 Å². The Bertz CT molecular complexity index is 1200. The minimum Gasteiger partial charge on any atom is -0.492 e. The highest BCUT2D eigenvalue weighted by molar-refractivity contribution is 7.99. The summed E-state index contributed by atoms with van der Waals surface area (Å²) < 4.78 is 18.0. The van der Waals surface area contributed by atoms with Crippen LogP contribution in [0.4, 0.5) is 5.69 Å². The van der Waals surface area contributed by atoms with Crippen LogP contribution < -0.4 is 19.1 Å². The molecular weight excluding hydrogens is 452 g/mol. The third-order valence-corrected chi connectivity index (χ3v) is 6.03. The SMILES string of the molecule is C=CCSc1nnc2c(n1)O[C@@H](c1cccc(OCC)c1OC)N(C(=O)CC)c1ccccc1-2. The topological polar surface area (TPSA) is 86.7 Å². The average molecular weight is 479 g/mol. The van der Waals surface area contributed by atoms with Crippen molar-refractivity contribution in [2.24, 2.45) is 0 Å². The summed E-state index contributed by atoms with van der Waals surface area (Å²) in [6.45, 7) is 7.93. The van der Waals surface area contributed by atoms with Crippen molar-refractivity contribution in [2.75, 3.05) is 24.4 Å². The van der Waals surface area contributed by atoms with Crippen LogP contribution in [-0.2, 0) is 4.79 Å². The van der Waals surface area contributed by atoms with E-state index in [1.54, 1.807) is 18.1 Å². The molecule has 1 amide bonds. The molecule has 2 aromatic carbocycles. The number of anilines is 1. The van der Waals surface area contributed by atoms with Crippen LogP contribution in [0.1, 0.15) is 32.1 Å². The van der Waals surface area contributed by atoms with Gasteiger partial charge in [-0.3, -0.25) is 9.69 Å². The molecule has 0 bridgehead atoms. The summed E-state index contributed by atoms with van der Waals surface area (Å²) in [5.41, 5.74) is 2.47. The van der Waals surface area contributed by atoms with Gasteiger partial charge in [-0.05, 0) is 25.1 Å². The van der Waals surface area contributed by atoms with E-state index in [1.165, 1.54) is 11.8 Å². The molecular formula is C25H26N4O4S. The van der Waals surface area contributed by atoms with Crippen LogP contribution in [0.15, 0.2) is 60.3 Å². The summed E-state index contributed by atoms with van der Waals surface area (Å²) in [6.07, 6.45) is 1.18. The number of methoxy groups -OCH3 is 1. The standard InChI is InChI=1S/C25H26N4O4S/c1-5-15-34-25-26-23-21(27-28-25)16-11-8-9-13-18(16)29(20(30)6-2)24(33-23)17-12-10-14-19(32-7-3)22(17)31-4/h5,8-14,24H,1,6-7,15H2,2-4H3/t24-/m0/s1. The van der Waals surface area contributed by atoms with E-state index in [0.717, 1.165) is 0 Å². The zero-order valence-electron chi connectivity index (χ0n) is 19.4. The Morgan fingerprint density at radius 2 is 2.03 bits per heavy atom. The predicted octanol–water partition coefficient (Wildman–Crippen LogP) is 5.06. The second-order valence-electron chi connectivity index (χ2n) is 7.26. The second kappa shape index (κ2) is 10.6. The van der Waals surface area contributed by atoms with Crippen molar-refractivity contribution >= 4 is 23.4 Å². The number of nitrogens with zero attached hydrogens (tertiary/aromatic N) is 4. The fourth-order valence-corrected chi connectivity index (χ4v) is 4.28. The summed E-state index contributed by atoms with van der Waals surface area (Å²) in [5.74, 6) is 1.85. The zero-order valence-corrected chi connectivity index (χ0v) is 20.2. The van der Waals surface area contributed by atoms with Gasteiger partial charge < -0.3 is 14.2 Å². The van der Waals surface area contributed by atoms with Gasteiger partial charge in [-0.2, -0.15) is 4.98 Å². The van der Waals surface area contributed by atoms with E-state index in [-0.39, 0.29) is 18.2 Å². The monoisotopic (exact) mass is 478 g/mol. The normalized spacial score (nSPS) is 14.3. The number of thioether (sulfide) groups is 1. The quantitative estimate of drug-likeness (QED) is 0.328. The van der Waals surface area contributed by atoms with Crippen LogP contribution in [0, 0.1) is 0 Å². The number of rotatable bonds is 8. The molecule has 1 aromatic heterocycles. The molecule has 4 rings (SSSR count). The number of fused-ring (bicyclic) bond motifs is 3. The Labute approximate surface area is 203 Å². The fraction of sp³-hybridized carbons (Fsp3) is 0.280. The summed E-state index contributed by atoms with van der Waals surface area (Å²) in [6, 6.07) is 13.0. The van der Waals surface area contributed by atoms with Crippen LogP contribution >= 0.6 is 11.8 Å². The van der Waals surface area contributed by atoms with E-state index in [2.05, 4.69) is 21.8 Å². The smallest absolute Gasteiger partial charge is 0.247 e. The Morgan fingerprint density at radius 1 is 1.21 bits per heavy atom. The first-order valence-corrected chi connectivity index (χ1v) is 12.0. The first kappa shape index (κ1) is 23.6. The molecule has 1 atom stereocenters. The maximum atomic E-state index is 13.3. The van der Waals surface area contributed by atoms with E-state index < -0.39 is 6.23 Å². The highest BCUT2D eigenvalue weighted by Gasteiger charge is 2.37.